The van der Waals surface area contributed by atoms with Crippen LogP contribution in [0, 0.1) is 0 Å². The number of aromatic amines is 1. The van der Waals surface area contributed by atoms with Crippen molar-refractivity contribution in [3.05, 3.63) is 11.9 Å². The molecule has 14 heavy (non-hydrogen) atoms. The first-order valence-corrected chi connectivity index (χ1v) is 5.87. The molecule has 8 heteroatoms. The lowest BCUT2D eigenvalue weighted by Crippen LogP contribution is -2.29. The predicted molar refractivity (Wildman–Crippen MR) is 48.4 cm³/mol. The molecule has 0 spiro atoms. The Bertz CT molecular complexity index is 397. The number of hydrogen-bond donors (Lipinski definition) is 2. The summed E-state index contributed by atoms with van der Waals surface area (Å²) in [5, 5.41) is 11.7. The quantitative estimate of drug-likeness (QED) is 0.645. The third-order valence-corrected chi connectivity index (χ3v) is 2.35. The van der Waals surface area contributed by atoms with Gasteiger partial charge in [-0.2, -0.15) is 15.4 Å². The van der Waals surface area contributed by atoms with Crippen LogP contribution in [0.3, 0.4) is 0 Å². The molecule has 0 bridgehead atoms. The average molecular weight is 218 g/mol. The minimum atomic E-state index is -3.05. The summed E-state index contributed by atoms with van der Waals surface area (Å²) in [6, 6.07) is 0. The van der Waals surface area contributed by atoms with Crippen LogP contribution in [0.2, 0.25) is 0 Å². The minimum Gasteiger partial charge on any atom is -0.350 e. The van der Waals surface area contributed by atoms with Gasteiger partial charge in [-0.15, -0.1) is 0 Å². The second-order valence-corrected chi connectivity index (χ2v) is 5.00. The topological polar surface area (TPSA) is 105 Å². The zero-order valence-electron chi connectivity index (χ0n) is 7.52. The first kappa shape index (κ1) is 10.6. The number of nitrogens with zero attached hydrogens (tertiary/aromatic N) is 2. The van der Waals surface area contributed by atoms with Gasteiger partial charge in [0.25, 0.3) is 5.91 Å². The van der Waals surface area contributed by atoms with Crippen molar-refractivity contribution >= 4 is 15.7 Å². The molecule has 0 radical (unpaired) electrons. The third kappa shape index (κ3) is 3.52. The van der Waals surface area contributed by atoms with E-state index >= 15 is 0 Å². The maximum Gasteiger partial charge on any atom is 0.273 e. The molecular weight excluding hydrogens is 208 g/mol. The van der Waals surface area contributed by atoms with Gasteiger partial charge in [0.2, 0.25) is 0 Å². The van der Waals surface area contributed by atoms with Crippen LogP contribution in [0.1, 0.15) is 10.5 Å². The summed E-state index contributed by atoms with van der Waals surface area (Å²) < 4.78 is 21.4. The molecule has 0 fully saturated rings. The van der Waals surface area contributed by atoms with Crippen molar-refractivity contribution in [2.75, 3.05) is 18.6 Å². The maximum absolute atomic E-state index is 11.2. The second-order valence-electron chi connectivity index (χ2n) is 2.74. The number of hydrogen-bond acceptors (Lipinski definition) is 5. The molecule has 0 aromatic carbocycles. The summed E-state index contributed by atoms with van der Waals surface area (Å²) >= 11 is 0. The van der Waals surface area contributed by atoms with Crippen molar-refractivity contribution in [1.82, 2.24) is 20.7 Å². The van der Waals surface area contributed by atoms with Gasteiger partial charge in [0.15, 0.2) is 5.69 Å². The van der Waals surface area contributed by atoms with Crippen LogP contribution in [0.15, 0.2) is 6.20 Å². The van der Waals surface area contributed by atoms with Gasteiger partial charge >= 0.3 is 0 Å². The van der Waals surface area contributed by atoms with E-state index in [2.05, 4.69) is 20.7 Å². The number of sulfone groups is 1. The van der Waals surface area contributed by atoms with Gasteiger partial charge in [-0.3, -0.25) is 4.79 Å². The summed E-state index contributed by atoms with van der Waals surface area (Å²) in [6.07, 6.45) is 2.37. The van der Waals surface area contributed by atoms with Crippen molar-refractivity contribution in [1.29, 1.82) is 0 Å². The Morgan fingerprint density at radius 2 is 2.36 bits per heavy atom. The fraction of sp³-hybridized carbons (Fsp3) is 0.500. The molecule has 0 aliphatic carbocycles. The van der Waals surface area contributed by atoms with E-state index in [1.54, 1.807) is 0 Å². The Morgan fingerprint density at radius 1 is 1.64 bits per heavy atom. The summed E-state index contributed by atoms with van der Waals surface area (Å²) in [4.78, 5) is 11.2. The number of H-pyrrole nitrogens is 1. The summed E-state index contributed by atoms with van der Waals surface area (Å²) in [5.41, 5.74) is 0.138. The van der Waals surface area contributed by atoms with Crippen LogP contribution in [0.25, 0.3) is 0 Å². The van der Waals surface area contributed by atoms with E-state index in [4.69, 9.17) is 0 Å². The minimum absolute atomic E-state index is 0.0739. The van der Waals surface area contributed by atoms with Gasteiger partial charge < -0.3 is 5.32 Å². The second kappa shape index (κ2) is 4.18. The number of carbonyl (C=O) groups excluding carboxylic acids is 1. The zero-order valence-corrected chi connectivity index (χ0v) is 8.34. The van der Waals surface area contributed by atoms with Crippen molar-refractivity contribution in [3.63, 3.8) is 0 Å². The van der Waals surface area contributed by atoms with Crippen LogP contribution >= 0.6 is 0 Å². The van der Waals surface area contributed by atoms with Crippen LogP contribution < -0.4 is 5.32 Å². The molecular formula is C6H10N4O3S. The van der Waals surface area contributed by atoms with Crippen molar-refractivity contribution < 1.29 is 13.2 Å². The summed E-state index contributed by atoms with van der Waals surface area (Å²) in [5.74, 6) is -0.529. The van der Waals surface area contributed by atoms with Crippen LogP contribution in [0.5, 0.6) is 0 Å². The highest BCUT2D eigenvalue weighted by molar-refractivity contribution is 7.90. The highest BCUT2D eigenvalue weighted by Gasteiger charge is 2.08. The number of aromatic nitrogens is 3. The molecule has 0 saturated heterocycles. The molecule has 78 valence electrons. The molecule has 0 saturated carbocycles. The SMILES string of the molecule is CS(=O)(=O)CCNC(=O)c1cn[nH]n1. The molecule has 2 N–H and O–H groups in total. The van der Waals surface area contributed by atoms with Crippen LogP contribution in [0.4, 0.5) is 0 Å². The lowest BCUT2D eigenvalue weighted by atomic mass is 10.4. The average Bonchev–Trinajstić information content (AvgIpc) is 2.53. The third-order valence-electron chi connectivity index (χ3n) is 1.41. The Labute approximate surface area is 80.8 Å². The number of nitrogens with one attached hydrogen (secondary N) is 2. The van der Waals surface area contributed by atoms with Crippen molar-refractivity contribution in [2.45, 2.75) is 0 Å². The molecule has 1 aromatic rings. The van der Waals surface area contributed by atoms with E-state index in [1.165, 1.54) is 6.20 Å². The maximum atomic E-state index is 11.2. The highest BCUT2D eigenvalue weighted by atomic mass is 32.2. The van der Waals surface area contributed by atoms with Gasteiger partial charge in [-0.25, -0.2) is 8.42 Å². The largest absolute Gasteiger partial charge is 0.350 e. The monoisotopic (exact) mass is 218 g/mol. The number of carbonyl (C=O) groups is 1. The molecule has 1 aromatic heterocycles. The Hall–Kier alpha value is -1.44. The molecule has 1 amide bonds. The fourth-order valence-corrected chi connectivity index (χ4v) is 1.22. The van der Waals surface area contributed by atoms with Crippen molar-refractivity contribution in [3.8, 4) is 0 Å². The van der Waals surface area contributed by atoms with E-state index in [0.29, 0.717) is 0 Å². The van der Waals surface area contributed by atoms with Gasteiger partial charge in [0.1, 0.15) is 9.84 Å². The lowest BCUT2D eigenvalue weighted by Gasteiger charge is -2.00. The molecule has 0 atom stereocenters. The normalized spacial score (nSPS) is 11.2. The van der Waals surface area contributed by atoms with Gasteiger partial charge in [-0.05, 0) is 0 Å². The van der Waals surface area contributed by atoms with E-state index in [-0.39, 0.29) is 18.0 Å². The van der Waals surface area contributed by atoms with Crippen molar-refractivity contribution in [2.24, 2.45) is 0 Å². The number of rotatable bonds is 4. The zero-order chi connectivity index (χ0) is 10.6. The molecule has 1 rings (SSSR count). The summed E-state index contributed by atoms with van der Waals surface area (Å²) in [7, 11) is -3.05. The molecule has 0 aliphatic rings. The Balaban J connectivity index is 2.37. The van der Waals surface area contributed by atoms with E-state index in [0.717, 1.165) is 6.26 Å². The lowest BCUT2D eigenvalue weighted by molar-refractivity contribution is 0.0951. The first-order valence-electron chi connectivity index (χ1n) is 3.81. The molecule has 0 unspecified atom stereocenters. The smallest absolute Gasteiger partial charge is 0.273 e. The van der Waals surface area contributed by atoms with Crippen LogP contribution in [-0.4, -0.2) is 48.3 Å². The molecule has 7 nitrogen and oxygen atoms in total. The molecule has 1 heterocycles. The van der Waals surface area contributed by atoms with Gasteiger partial charge in [0.05, 0.1) is 11.9 Å². The van der Waals surface area contributed by atoms with Gasteiger partial charge in [0, 0.05) is 12.8 Å². The van der Waals surface area contributed by atoms with E-state index < -0.39 is 15.7 Å². The van der Waals surface area contributed by atoms with Gasteiger partial charge in [-0.1, -0.05) is 0 Å². The molecule has 0 aliphatic heterocycles. The van der Waals surface area contributed by atoms with E-state index in [9.17, 15) is 13.2 Å². The highest BCUT2D eigenvalue weighted by Crippen LogP contribution is 1.88. The fourth-order valence-electron chi connectivity index (χ4n) is 0.752. The number of amides is 1. The standard InChI is InChI=1S/C6H10N4O3S/c1-14(12,13)3-2-7-6(11)5-4-8-10-9-5/h4H,2-3H2,1H3,(H,7,11)(H,8,9,10). The van der Waals surface area contributed by atoms with E-state index in [1.807, 2.05) is 0 Å². The first-order chi connectivity index (χ1) is 6.49. The Kier molecular flexibility index (Phi) is 3.18. The Morgan fingerprint density at radius 3 is 2.86 bits per heavy atom. The predicted octanol–water partition coefficient (Wildman–Crippen LogP) is -1.42. The van der Waals surface area contributed by atoms with Crippen LogP contribution in [-0.2, 0) is 9.84 Å². The summed E-state index contributed by atoms with van der Waals surface area (Å²) in [6.45, 7) is 0.0739.